The third-order valence-electron chi connectivity index (χ3n) is 5.00. The molecule has 0 spiro atoms. The molecule has 1 aliphatic carbocycles. The lowest BCUT2D eigenvalue weighted by Crippen LogP contribution is -2.32. The lowest BCUT2D eigenvalue weighted by molar-refractivity contribution is -0.125. The van der Waals surface area contributed by atoms with E-state index in [2.05, 4.69) is 15.8 Å². The van der Waals surface area contributed by atoms with E-state index in [4.69, 9.17) is 14.0 Å². The molecule has 1 saturated carbocycles. The number of rotatable bonds is 6. The summed E-state index contributed by atoms with van der Waals surface area (Å²) in [6.45, 7) is 1.77. The molecule has 0 atom stereocenters. The van der Waals surface area contributed by atoms with Crippen LogP contribution in [0.3, 0.4) is 0 Å². The molecular formula is C20H25N3O5. The molecule has 1 aromatic heterocycles. The Labute approximate surface area is 163 Å². The fourth-order valence-electron chi connectivity index (χ4n) is 3.43. The van der Waals surface area contributed by atoms with Crippen molar-refractivity contribution in [1.82, 2.24) is 5.16 Å². The average molecular weight is 387 g/mol. The van der Waals surface area contributed by atoms with Gasteiger partial charge < -0.3 is 24.6 Å². The number of amides is 2. The van der Waals surface area contributed by atoms with Crippen LogP contribution in [0.5, 0.6) is 11.5 Å². The van der Waals surface area contributed by atoms with Crippen LogP contribution in [0.25, 0.3) is 0 Å². The molecule has 0 aliphatic heterocycles. The summed E-state index contributed by atoms with van der Waals surface area (Å²) in [7, 11) is 3.12. The molecule has 0 radical (unpaired) electrons. The highest BCUT2D eigenvalue weighted by molar-refractivity contribution is 5.94. The van der Waals surface area contributed by atoms with Crippen molar-refractivity contribution in [3.8, 4) is 11.5 Å². The topological polar surface area (TPSA) is 103 Å². The second kappa shape index (κ2) is 8.77. The van der Waals surface area contributed by atoms with Gasteiger partial charge in [0.05, 0.1) is 14.2 Å². The van der Waals surface area contributed by atoms with Crippen LogP contribution < -0.4 is 20.1 Å². The number of carbonyl (C=O) groups excluding carboxylic acids is 2. The van der Waals surface area contributed by atoms with Crippen molar-refractivity contribution in [3.63, 3.8) is 0 Å². The van der Waals surface area contributed by atoms with Crippen LogP contribution in [-0.2, 0) is 9.59 Å². The first kappa shape index (κ1) is 19.7. The third-order valence-corrected chi connectivity index (χ3v) is 5.00. The van der Waals surface area contributed by atoms with Gasteiger partial charge in [-0.15, -0.1) is 0 Å². The minimum Gasteiger partial charge on any atom is -0.493 e. The quantitative estimate of drug-likeness (QED) is 0.788. The van der Waals surface area contributed by atoms with E-state index in [0.717, 1.165) is 0 Å². The third kappa shape index (κ3) is 4.62. The second-order valence-electron chi connectivity index (χ2n) is 6.92. The maximum absolute atomic E-state index is 12.6. The minimum atomic E-state index is -0.123. The van der Waals surface area contributed by atoms with E-state index in [-0.39, 0.29) is 23.7 Å². The molecule has 0 saturated heterocycles. The van der Waals surface area contributed by atoms with Crippen molar-refractivity contribution in [2.45, 2.75) is 32.6 Å². The Hall–Kier alpha value is -3.03. The fraction of sp³-hybridized carbons (Fsp3) is 0.450. The van der Waals surface area contributed by atoms with Gasteiger partial charge in [-0.2, -0.15) is 0 Å². The van der Waals surface area contributed by atoms with Crippen LogP contribution in [0.15, 0.2) is 28.8 Å². The van der Waals surface area contributed by atoms with E-state index < -0.39 is 0 Å². The Balaban J connectivity index is 1.51. The SMILES string of the molecule is COc1ccc(NC(=O)C2CCC(C(=O)Nc3cc(C)on3)CC2)cc1OC. The first-order chi connectivity index (χ1) is 13.5. The zero-order valence-corrected chi connectivity index (χ0v) is 16.3. The van der Waals surface area contributed by atoms with Gasteiger partial charge in [-0.05, 0) is 44.7 Å². The van der Waals surface area contributed by atoms with Crippen molar-refractivity contribution in [1.29, 1.82) is 0 Å². The summed E-state index contributed by atoms with van der Waals surface area (Å²) in [5.74, 6) is 1.87. The Kier molecular flexibility index (Phi) is 6.18. The van der Waals surface area contributed by atoms with Crippen LogP contribution in [0.4, 0.5) is 11.5 Å². The van der Waals surface area contributed by atoms with Crippen LogP contribution >= 0.6 is 0 Å². The van der Waals surface area contributed by atoms with Gasteiger partial charge in [0.25, 0.3) is 0 Å². The van der Waals surface area contributed by atoms with Crippen molar-refractivity contribution in [2.75, 3.05) is 24.9 Å². The first-order valence-corrected chi connectivity index (χ1v) is 9.27. The molecule has 150 valence electrons. The van der Waals surface area contributed by atoms with Crippen molar-refractivity contribution in [3.05, 3.63) is 30.0 Å². The van der Waals surface area contributed by atoms with Gasteiger partial charge in [0.1, 0.15) is 5.76 Å². The Bertz CT molecular complexity index is 840. The predicted octanol–water partition coefficient (Wildman–Crippen LogP) is 3.38. The number of nitrogens with zero attached hydrogens (tertiary/aromatic N) is 1. The number of carbonyl (C=O) groups is 2. The van der Waals surface area contributed by atoms with E-state index in [1.807, 2.05) is 0 Å². The molecule has 0 unspecified atom stereocenters. The largest absolute Gasteiger partial charge is 0.493 e. The molecule has 8 nitrogen and oxygen atoms in total. The lowest BCUT2D eigenvalue weighted by atomic mass is 9.81. The van der Waals surface area contributed by atoms with Gasteiger partial charge in [-0.1, -0.05) is 5.16 Å². The number of benzene rings is 1. The number of anilines is 2. The molecule has 0 bridgehead atoms. The summed E-state index contributed by atoms with van der Waals surface area (Å²) in [5.41, 5.74) is 0.656. The standard InChI is InChI=1S/C20H25N3O5/c1-12-10-18(23-28-12)22-20(25)14-6-4-13(5-7-14)19(24)21-15-8-9-16(26-2)17(11-15)27-3/h8-11,13-14H,4-7H2,1-3H3,(H,21,24)(H,22,23,25). The average Bonchev–Trinajstić information content (AvgIpc) is 3.12. The number of nitrogens with one attached hydrogen (secondary N) is 2. The fourth-order valence-corrected chi connectivity index (χ4v) is 3.43. The van der Waals surface area contributed by atoms with Crippen molar-refractivity contribution >= 4 is 23.3 Å². The van der Waals surface area contributed by atoms with Crippen LogP contribution in [0, 0.1) is 18.8 Å². The van der Waals surface area contributed by atoms with Crippen molar-refractivity contribution in [2.24, 2.45) is 11.8 Å². The summed E-state index contributed by atoms with van der Waals surface area (Å²) in [4.78, 5) is 24.9. The molecular weight excluding hydrogens is 362 g/mol. The predicted molar refractivity (Wildman–Crippen MR) is 103 cm³/mol. The molecule has 2 amide bonds. The number of ether oxygens (including phenoxy) is 2. The highest BCUT2D eigenvalue weighted by Crippen LogP contribution is 2.33. The van der Waals surface area contributed by atoms with E-state index in [1.54, 1.807) is 45.4 Å². The number of aryl methyl sites for hydroxylation is 1. The summed E-state index contributed by atoms with van der Waals surface area (Å²) >= 11 is 0. The Morgan fingerprint density at radius 1 is 0.964 bits per heavy atom. The Morgan fingerprint density at radius 3 is 2.11 bits per heavy atom. The van der Waals surface area contributed by atoms with Gasteiger partial charge >= 0.3 is 0 Å². The highest BCUT2D eigenvalue weighted by atomic mass is 16.5. The molecule has 1 aromatic carbocycles. The van der Waals surface area contributed by atoms with Crippen LogP contribution in [-0.4, -0.2) is 31.2 Å². The summed E-state index contributed by atoms with van der Waals surface area (Å²) in [5, 5.41) is 9.47. The number of aromatic nitrogens is 1. The molecule has 1 heterocycles. The lowest BCUT2D eigenvalue weighted by Gasteiger charge is -2.26. The second-order valence-corrected chi connectivity index (χ2v) is 6.92. The minimum absolute atomic E-state index is 0.0433. The van der Waals surface area contributed by atoms with Gasteiger partial charge in [0, 0.05) is 29.7 Å². The van der Waals surface area contributed by atoms with E-state index in [0.29, 0.717) is 54.4 Å². The molecule has 2 aromatic rings. The van der Waals surface area contributed by atoms with Gasteiger partial charge in [0.2, 0.25) is 11.8 Å². The molecule has 28 heavy (non-hydrogen) atoms. The summed E-state index contributed by atoms with van der Waals surface area (Å²) < 4.78 is 15.4. The van der Waals surface area contributed by atoms with Crippen LogP contribution in [0.1, 0.15) is 31.4 Å². The first-order valence-electron chi connectivity index (χ1n) is 9.27. The number of hydrogen-bond donors (Lipinski definition) is 2. The summed E-state index contributed by atoms with van der Waals surface area (Å²) in [6.07, 6.45) is 2.64. The Morgan fingerprint density at radius 2 is 1.57 bits per heavy atom. The zero-order valence-electron chi connectivity index (χ0n) is 16.3. The number of methoxy groups -OCH3 is 2. The van der Waals surface area contributed by atoms with Crippen molar-refractivity contribution < 1.29 is 23.6 Å². The van der Waals surface area contributed by atoms with Gasteiger partial charge in [-0.25, -0.2) is 0 Å². The normalized spacial score (nSPS) is 19.0. The van der Waals surface area contributed by atoms with Gasteiger partial charge in [0.15, 0.2) is 17.3 Å². The molecule has 3 rings (SSSR count). The van der Waals surface area contributed by atoms with Gasteiger partial charge in [-0.3, -0.25) is 9.59 Å². The van der Waals surface area contributed by atoms with E-state index in [9.17, 15) is 9.59 Å². The van der Waals surface area contributed by atoms with E-state index >= 15 is 0 Å². The maximum Gasteiger partial charge on any atom is 0.228 e. The maximum atomic E-state index is 12.6. The smallest absolute Gasteiger partial charge is 0.228 e. The monoisotopic (exact) mass is 387 g/mol. The number of hydrogen-bond acceptors (Lipinski definition) is 6. The zero-order chi connectivity index (χ0) is 20.1. The highest BCUT2D eigenvalue weighted by Gasteiger charge is 2.30. The van der Waals surface area contributed by atoms with E-state index in [1.165, 1.54) is 0 Å². The summed E-state index contributed by atoms with van der Waals surface area (Å²) in [6, 6.07) is 6.94. The van der Waals surface area contributed by atoms with Crippen LogP contribution in [0.2, 0.25) is 0 Å². The molecule has 8 heteroatoms. The molecule has 2 N–H and O–H groups in total. The molecule has 1 aliphatic rings. The molecule has 1 fully saturated rings.